The standard InChI is InChI=1S/C18H18ClFN4O4/c1-18(27)13(26)17(24-5-4-10-15(21)22-7-23-16(10)24)28-14(18)12(25)9-3-2-8(20)6-11(9)19/h2-7,12-14,17,25-27H,1H3,(H2,21,22,23)/t12-,13-,14+,17+,18-/m0/s1. The number of aliphatic hydroxyl groups is 3. The monoisotopic (exact) mass is 408 g/mol. The number of nitrogen functional groups attached to an aromatic ring is 1. The van der Waals surface area contributed by atoms with Gasteiger partial charge in [-0.25, -0.2) is 14.4 Å². The fourth-order valence-electron chi connectivity index (χ4n) is 3.53. The van der Waals surface area contributed by atoms with Crippen LogP contribution in [0.15, 0.2) is 36.8 Å². The second kappa shape index (κ2) is 6.64. The van der Waals surface area contributed by atoms with Crippen LogP contribution < -0.4 is 5.73 Å². The predicted molar refractivity (Wildman–Crippen MR) is 98.9 cm³/mol. The Hall–Kier alpha value is -2.30. The molecule has 1 aliphatic heterocycles. The van der Waals surface area contributed by atoms with Gasteiger partial charge in [0.1, 0.15) is 47.5 Å². The summed E-state index contributed by atoms with van der Waals surface area (Å²) in [5.41, 5.74) is 4.57. The fourth-order valence-corrected chi connectivity index (χ4v) is 3.81. The van der Waals surface area contributed by atoms with Gasteiger partial charge in [0.25, 0.3) is 0 Å². The molecular weight excluding hydrogens is 391 g/mol. The number of ether oxygens (including phenoxy) is 1. The number of benzene rings is 1. The molecule has 0 radical (unpaired) electrons. The first kappa shape index (κ1) is 19.0. The van der Waals surface area contributed by atoms with Crippen LogP contribution in [0.4, 0.5) is 10.2 Å². The van der Waals surface area contributed by atoms with Crippen molar-refractivity contribution in [3.63, 3.8) is 0 Å². The van der Waals surface area contributed by atoms with E-state index in [-0.39, 0.29) is 16.4 Å². The maximum absolute atomic E-state index is 13.3. The number of aromatic nitrogens is 3. The van der Waals surface area contributed by atoms with Crippen molar-refractivity contribution >= 4 is 28.5 Å². The van der Waals surface area contributed by atoms with E-state index in [0.29, 0.717) is 11.0 Å². The van der Waals surface area contributed by atoms with Crippen molar-refractivity contribution < 1.29 is 24.4 Å². The number of anilines is 1. The molecule has 0 spiro atoms. The van der Waals surface area contributed by atoms with E-state index in [4.69, 9.17) is 22.1 Å². The van der Waals surface area contributed by atoms with Crippen molar-refractivity contribution in [2.45, 2.75) is 37.1 Å². The Labute approximate surface area is 164 Å². The quantitative estimate of drug-likeness (QED) is 0.517. The largest absolute Gasteiger partial charge is 0.386 e. The molecule has 5 N–H and O–H groups in total. The third-order valence-electron chi connectivity index (χ3n) is 5.11. The van der Waals surface area contributed by atoms with Gasteiger partial charge in [-0.15, -0.1) is 0 Å². The molecule has 1 aromatic carbocycles. The summed E-state index contributed by atoms with van der Waals surface area (Å²) in [6, 6.07) is 5.16. The maximum Gasteiger partial charge on any atom is 0.164 e. The van der Waals surface area contributed by atoms with Gasteiger partial charge in [0, 0.05) is 16.8 Å². The number of nitrogens with zero attached hydrogens (tertiary/aromatic N) is 3. The Bertz CT molecular complexity index is 1040. The van der Waals surface area contributed by atoms with E-state index < -0.39 is 36.0 Å². The fraction of sp³-hybridized carbons (Fsp3) is 0.333. The minimum atomic E-state index is -1.84. The lowest BCUT2D eigenvalue weighted by Gasteiger charge is -2.30. The molecule has 0 aliphatic carbocycles. The molecule has 0 unspecified atom stereocenters. The summed E-state index contributed by atoms with van der Waals surface area (Å²) in [7, 11) is 0. The highest BCUT2D eigenvalue weighted by Crippen LogP contribution is 2.44. The lowest BCUT2D eigenvalue weighted by Crippen LogP contribution is -2.47. The Balaban J connectivity index is 1.72. The van der Waals surface area contributed by atoms with Gasteiger partial charge in [0.2, 0.25) is 0 Å². The highest BCUT2D eigenvalue weighted by atomic mass is 35.5. The normalized spacial score (nSPS) is 28.7. The SMILES string of the molecule is C[C@@]1(O)[C@@H]([C@@H](O)c2ccc(F)cc2Cl)O[C@@H](n2ccc3c(N)ncnc32)[C@@H]1O. The number of halogens is 2. The summed E-state index contributed by atoms with van der Waals surface area (Å²) in [5, 5.41) is 32.9. The van der Waals surface area contributed by atoms with E-state index in [0.717, 1.165) is 12.1 Å². The summed E-state index contributed by atoms with van der Waals surface area (Å²) < 4.78 is 20.7. The molecule has 5 atom stereocenters. The van der Waals surface area contributed by atoms with Gasteiger partial charge in [-0.05, 0) is 25.1 Å². The molecular formula is C18H18ClFN4O4. The minimum absolute atomic E-state index is 0.0169. The summed E-state index contributed by atoms with van der Waals surface area (Å²) in [5.74, 6) is -0.299. The van der Waals surface area contributed by atoms with Gasteiger partial charge in [-0.2, -0.15) is 0 Å². The van der Waals surface area contributed by atoms with Crippen LogP contribution in [-0.4, -0.2) is 47.7 Å². The van der Waals surface area contributed by atoms with Crippen LogP contribution >= 0.6 is 11.6 Å². The summed E-state index contributed by atoms with van der Waals surface area (Å²) >= 11 is 6.03. The molecule has 2 aromatic heterocycles. The zero-order valence-corrected chi connectivity index (χ0v) is 15.5. The van der Waals surface area contributed by atoms with Crippen LogP contribution in [0.1, 0.15) is 24.8 Å². The number of hydrogen-bond donors (Lipinski definition) is 4. The molecule has 0 amide bonds. The Morgan fingerprint density at radius 1 is 1.36 bits per heavy atom. The molecule has 3 heterocycles. The van der Waals surface area contributed by atoms with Crippen molar-refractivity contribution in [3.8, 4) is 0 Å². The molecule has 8 nitrogen and oxygen atoms in total. The zero-order chi connectivity index (χ0) is 20.2. The average Bonchev–Trinajstić information content (AvgIpc) is 3.15. The number of nitrogens with two attached hydrogens (primary N) is 1. The third-order valence-corrected chi connectivity index (χ3v) is 5.44. The molecule has 4 rings (SSSR count). The van der Waals surface area contributed by atoms with Crippen molar-refractivity contribution in [2.75, 3.05) is 5.73 Å². The first-order valence-corrected chi connectivity index (χ1v) is 8.85. The van der Waals surface area contributed by atoms with Crippen LogP contribution in [0.5, 0.6) is 0 Å². The number of aliphatic hydroxyl groups excluding tert-OH is 2. The zero-order valence-electron chi connectivity index (χ0n) is 14.7. The second-order valence-corrected chi connectivity index (χ2v) is 7.35. The number of fused-ring (bicyclic) bond motifs is 1. The van der Waals surface area contributed by atoms with Gasteiger partial charge in [0.05, 0.1) is 5.39 Å². The van der Waals surface area contributed by atoms with Crippen molar-refractivity contribution in [3.05, 3.63) is 53.2 Å². The van der Waals surface area contributed by atoms with Crippen LogP contribution in [0.25, 0.3) is 11.0 Å². The van der Waals surface area contributed by atoms with Gasteiger partial charge < -0.3 is 30.4 Å². The third kappa shape index (κ3) is 2.83. The number of hydrogen-bond acceptors (Lipinski definition) is 7. The van der Waals surface area contributed by atoms with Crippen LogP contribution in [0.2, 0.25) is 5.02 Å². The van der Waals surface area contributed by atoms with Crippen molar-refractivity contribution in [1.29, 1.82) is 0 Å². The molecule has 0 bridgehead atoms. The van der Waals surface area contributed by atoms with Crippen LogP contribution in [0.3, 0.4) is 0 Å². The maximum atomic E-state index is 13.3. The number of rotatable bonds is 3. The molecule has 0 saturated carbocycles. The van der Waals surface area contributed by atoms with E-state index in [1.165, 1.54) is 23.9 Å². The van der Waals surface area contributed by atoms with Crippen LogP contribution in [0, 0.1) is 5.82 Å². The molecule has 28 heavy (non-hydrogen) atoms. The summed E-state index contributed by atoms with van der Waals surface area (Å²) in [4.78, 5) is 8.06. The van der Waals surface area contributed by atoms with Gasteiger partial charge in [-0.1, -0.05) is 17.7 Å². The minimum Gasteiger partial charge on any atom is -0.386 e. The van der Waals surface area contributed by atoms with E-state index >= 15 is 0 Å². The first-order valence-electron chi connectivity index (χ1n) is 8.47. The highest BCUT2D eigenvalue weighted by molar-refractivity contribution is 6.31. The summed E-state index contributed by atoms with van der Waals surface area (Å²) in [6.07, 6.45) is -2.24. The lowest BCUT2D eigenvalue weighted by atomic mass is 9.88. The lowest BCUT2D eigenvalue weighted by molar-refractivity contribution is -0.114. The summed E-state index contributed by atoms with van der Waals surface area (Å²) in [6.45, 7) is 1.35. The average molecular weight is 409 g/mol. The van der Waals surface area contributed by atoms with E-state index in [9.17, 15) is 19.7 Å². The van der Waals surface area contributed by atoms with Gasteiger partial charge in [0.15, 0.2) is 6.23 Å². The second-order valence-electron chi connectivity index (χ2n) is 6.95. The molecule has 148 valence electrons. The molecule has 1 aliphatic rings. The Morgan fingerprint density at radius 2 is 2.11 bits per heavy atom. The Morgan fingerprint density at radius 3 is 2.82 bits per heavy atom. The predicted octanol–water partition coefficient (Wildman–Crippen LogP) is 1.55. The molecule has 3 aromatic rings. The first-order chi connectivity index (χ1) is 13.2. The van der Waals surface area contributed by atoms with Crippen molar-refractivity contribution in [2.24, 2.45) is 0 Å². The van der Waals surface area contributed by atoms with E-state index in [1.54, 1.807) is 12.3 Å². The topological polar surface area (TPSA) is 127 Å². The van der Waals surface area contributed by atoms with Gasteiger partial charge in [-0.3, -0.25) is 0 Å². The van der Waals surface area contributed by atoms with E-state index in [1.807, 2.05) is 0 Å². The van der Waals surface area contributed by atoms with E-state index in [2.05, 4.69) is 9.97 Å². The van der Waals surface area contributed by atoms with Crippen molar-refractivity contribution in [1.82, 2.24) is 14.5 Å². The highest BCUT2D eigenvalue weighted by Gasteiger charge is 2.56. The smallest absolute Gasteiger partial charge is 0.164 e. The van der Waals surface area contributed by atoms with Gasteiger partial charge >= 0.3 is 0 Å². The molecule has 1 saturated heterocycles. The molecule has 10 heteroatoms. The molecule has 1 fully saturated rings. The Kier molecular flexibility index (Phi) is 4.52. The van der Waals surface area contributed by atoms with Crippen LogP contribution in [-0.2, 0) is 4.74 Å².